The highest BCUT2D eigenvalue weighted by molar-refractivity contribution is 5.89. The van der Waals surface area contributed by atoms with Crippen LogP contribution in [0.5, 0.6) is 0 Å². The monoisotopic (exact) mass is 1020 g/mol. The Morgan fingerprint density at radius 3 is 2.41 bits per heavy atom. The SMILES string of the molecule is CC(CCC(=O)NCCCCc1cn(CCn2ccc3cc([N+](=O)[O-])ccc32)nn1)C1CO[C@@H]2OC(COC3O[C@@H](O1)C(O)C(O)[C@@H]3O)[C@H](O)C(O[C@@H](CC1CCCCC1)C(=O)O)C2OC(=O)c1ccccc1. The van der Waals surface area contributed by atoms with Gasteiger partial charge in [0.1, 0.15) is 36.6 Å². The lowest BCUT2D eigenvalue weighted by molar-refractivity contribution is -0.384. The van der Waals surface area contributed by atoms with E-state index in [0.29, 0.717) is 32.5 Å². The van der Waals surface area contributed by atoms with Gasteiger partial charge in [-0.15, -0.1) is 5.10 Å². The molecule has 4 fully saturated rings. The molecule has 23 nitrogen and oxygen atoms in total. The number of nitro groups is 1. The van der Waals surface area contributed by atoms with Crippen molar-refractivity contribution in [3.8, 4) is 0 Å². The molecule has 5 heterocycles. The summed E-state index contributed by atoms with van der Waals surface area (Å²) in [5, 5.41) is 78.5. The highest BCUT2D eigenvalue weighted by Gasteiger charge is 2.53. The number of fused-ring (bicyclic) bond motifs is 5. The first kappa shape index (κ1) is 53.8. The normalized spacial score (nSPS) is 28.8. The van der Waals surface area contributed by atoms with E-state index in [1.807, 2.05) is 23.0 Å². The predicted octanol–water partition coefficient (Wildman–Crippen LogP) is 3.01. The van der Waals surface area contributed by atoms with Gasteiger partial charge < -0.3 is 68.6 Å². The van der Waals surface area contributed by atoms with E-state index in [1.54, 1.807) is 41.9 Å². The van der Waals surface area contributed by atoms with E-state index in [2.05, 4.69) is 15.6 Å². The molecule has 1 amide bonds. The number of ether oxygens (including phenoxy) is 7. The predicted molar refractivity (Wildman–Crippen MR) is 254 cm³/mol. The molecule has 3 saturated heterocycles. The molecule has 13 atom stereocenters. The molecule has 0 radical (unpaired) electrons. The minimum atomic E-state index is -1.78. The van der Waals surface area contributed by atoms with Gasteiger partial charge in [0, 0.05) is 54.9 Å². The number of benzene rings is 2. The number of aryl methyl sites for hydroxylation is 3. The van der Waals surface area contributed by atoms with Gasteiger partial charge in [0.15, 0.2) is 31.1 Å². The highest BCUT2D eigenvalue weighted by Crippen LogP contribution is 2.35. The fraction of sp³-hybridized carbons (Fsp3) is 0.620. The number of amides is 1. The van der Waals surface area contributed by atoms with Crippen molar-refractivity contribution < 1.29 is 78.0 Å². The number of carboxylic acid groups (broad SMARTS) is 1. The summed E-state index contributed by atoms with van der Waals surface area (Å²) in [7, 11) is 0. The summed E-state index contributed by atoms with van der Waals surface area (Å²) in [6.07, 6.45) is -7.64. The molecule has 4 aliphatic rings. The average Bonchev–Trinajstić information content (AvgIpc) is 4.03. The van der Waals surface area contributed by atoms with Crippen LogP contribution in [0.2, 0.25) is 0 Å². The lowest BCUT2D eigenvalue weighted by atomic mass is 9.85. The van der Waals surface area contributed by atoms with Crippen LogP contribution >= 0.6 is 0 Å². The van der Waals surface area contributed by atoms with Crippen LogP contribution in [0.3, 0.4) is 0 Å². The third-order valence-corrected chi connectivity index (χ3v) is 14.2. The number of nitrogens with zero attached hydrogens (tertiary/aromatic N) is 5. The van der Waals surface area contributed by atoms with E-state index >= 15 is 0 Å². The van der Waals surface area contributed by atoms with Gasteiger partial charge in [-0.25, -0.2) is 9.59 Å². The zero-order chi connectivity index (χ0) is 51.6. The Balaban J connectivity index is 0.888. The summed E-state index contributed by atoms with van der Waals surface area (Å²) in [5.74, 6) is -2.78. The van der Waals surface area contributed by atoms with Crippen molar-refractivity contribution in [2.75, 3.05) is 19.8 Å². The summed E-state index contributed by atoms with van der Waals surface area (Å²) >= 11 is 0. The molecule has 4 aromatic rings. The fourth-order valence-electron chi connectivity index (χ4n) is 9.86. The standard InChI is InChI=1S/C50H66N6O17/c1-29(15-18-39(57)51-20-9-8-14-33-26-55(53-52-33)23-22-54-21-19-32-25-34(56(65)66)16-17-35(32)54)37-27-68-50-45(72-47(64)31-12-6-3-7-13-31)44(69-36(46(62)63)24-30-10-4-2-5-11-30)40(58)38(71-50)28-67-48-42(60)41(59)43(61)49(70-37)73-48/h3,6-7,12-13,16-17,19,21,25-26,29-30,36-38,40-45,48-50,58-61H,2,4-5,8-11,14-15,18,20,22-24,27-28H2,1H3,(H,51,57)(H,62,63)/t29?,36-,37?,38?,40-,41?,42-,43?,44?,45?,48?,49+,50+/m0/s1. The van der Waals surface area contributed by atoms with E-state index in [9.17, 15) is 50.0 Å². The third kappa shape index (κ3) is 13.8. The van der Waals surface area contributed by atoms with Gasteiger partial charge in [-0.2, -0.15) is 0 Å². The maximum atomic E-state index is 13.7. The number of rotatable bonds is 20. The van der Waals surface area contributed by atoms with Gasteiger partial charge >= 0.3 is 11.9 Å². The first-order chi connectivity index (χ1) is 35.2. The molecular formula is C50H66N6O17. The molecule has 23 heteroatoms. The summed E-state index contributed by atoms with van der Waals surface area (Å²) in [6, 6.07) is 14.6. The number of carbonyl (C=O) groups is 3. The maximum absolute atomic E-state index is 13.7. The van der Waals surface area contributed by atoms with Crippen LogP contribution in [-0.2, 0) is 62.3 Å². The Bertz CT molecular complexity index is 2450. The van der Waals surface area contributed by atoms with Crippen molar-refractivity contribution >= 4 is 34.4 Å². The zero-order valence-electron chi connectivity index (χ0n) is 40.6. The number of aromatic nitrogens is 4. The third-order valence-electron chi connectivity index (χ3n) is 14.2. The van der Waals surface area contributed by atoms with E-state index in [1.165, 1.54) is 18.2 Å². The molecular weight excluding hydrogens is 957 g/mol. The zero-order valence-corrected chi connectivity index (χ0v) is 40.6. The Labute approximate surface area is 420 Å². The molecule has 4 bridgehead atoms. The maximum Gasteiger partial charge on any atom is 0.338 e. The number of nitrogens with one attached hydrogen (secondary N) is 1. The number of aliphatic hydroxyl groups excluding tert-OH is 4. The quantitative estimate of drug-likeness (QED) is 0.0321. The number of carboxylic acids is 1. The van der Waals surface area contributed by atoms with Gasteiger partial charge in [-0.3, -0.25) is 19.6 Å². The van der Waals surface area contributed by atoms with Gasteiger partial charge in [0.2, 0.25) is 5.91 Å². The first-order valence-corrected chi connectivity index (χ1v) is 25.2. The number of non-ortho nitro benzene ring substituents is 1. The van der Waals surface area contributed by atoms with E-state index in [-0.39, 0.29) is 48.9 Å². The highest BCUT2D eigenvalue weighted by atomic mass is 16.8. The van der Waals surface area contributed by atoms with E-state index < -0.39 is 103 Å². The van der Waals surface area contributed by atoms with Crippen LogP contribution in [0.4, 0.5) is 5.69 Å². The Morgan fingerprint density at radius 2 is 1.64 bits per heavy atom. The number of hydrogen-bond acceptors (Lipinski definition) is 18. The smallest absolute Gasteiger partial charge is 0.338 e. The molecule has 2 aromatic carbocycles. The number of hydrogen-bond donors (Lipinski definition) is 6. The van der Waals surface area contributed by atoms with Gasteiger partial charge in [0.05, 0.1) is 42.0 Å². The lowest BCUT2D eigenvalue weighted by Crippen LogP contribution is -2.64. The van der Waals surface area contributed by atoms with Crippen molar-refractivity contribution in [2.24, 2.45) is 11.8 Å². The summed E-state index contributed by atoms with van der Waals surface area (Å²) in [6.45, 7) is 2.45. The molecule has 1 aliphatic carbocycles. The Morgan fingerprint density at radius 1 is 0.877 bits per heavy atom. The minimum absolute atomic E-state index is 0.0376. The van der Waals surface area contributed by atoms with E-state index in [4.69, 9.17) is 33.2 Å². The molecule has 3 aliphatic heterocycles. The molecule has 73 heavy (non-hydrogen) atoms. The number of aliphatic hydroxyl groups is 4. The number of unbranched alkanes of at least 4 members (excludes halogenated alkanes) is 1. The molecule has 8 unspecified atom stereocenters. The van der Waals surface area contributed by atoms with Crippen molar-refractivity contribution in [3.05, 3.63) is 88.4 Å². The van der Waals surface area contributed by atoms with Crippen LogP contribution in [0.1, 0.15) is 87.2 Å². The second-order valence-corrected chi connectivity index (χ2v) is 19.4. The molecule has 398 valence electrons. The molecule has 6 N–H and O–H groups in total. The van der Waals surface area contributed by atoms with Crippen molar-refractivity contribution in [1.82, 2.24) is 24.9 Å². The first-order valence-electron chi connectivity index (χ1n) is 25.2. The van der Waals surface area contributed by atoms with Crippen LogP contribution in [-0.4, -0.2) is 161 Å². The molecule has 0 spiro atoms. The summed E-state index contributed by atoms with van der Waals surface area (Å²) in [5.41, 5.74) is 1.88. The Kier molecular flexibility index (Phi) is 18.6. The van der Waals surface area contributed by atoms with Gasteiger partial charge in [-0.1, -0.05) is 62.4 Å². The van der Waals surface area contributed by atoms with Crippen LogP contribution < -0.4 is 5.32 Å². The molecule has 8 rings (SSSR count). The Hall–Kier alpha value is -5.47. The fourth-order valence-corrected chi connectivity index (χ4v) is 9.86. The van der Waals surface area contributed by atoms with Crippen molar-refractivity contribution in [2.45, 2.75) is 164 Å². The second-order valence-electron chi connectivity index (χ2n) is 19.4. The number of aliphatic carboxylic acids is 1. The minimum Gasteiger partial charge on any atom is -0.479 e. The molecule has 2 aromatic heterocycles. The topological polar surface area (TPSA) is 308 Å². The van der Waals surface area contributed by atoms with Crippen LogP contribution in [0.25, 0.3) is 10.9 Å². The largest absolute Gasteiger partial charge is 0.479 e. The number of nitro benzene ring substituents is 1. The van der Waals surface area contributed by atoms with E-state index in [0.717, 1.165) is 55.1 Å². The number of carbonyl (C=O) groups excluding carboxylic acids is 2. The lowest BCUT2D eigenvalue weighted by Gasteiger charge is -2.47. The van der Waals surface area contributed by atoms with Crippen molar-refractivity contribution in [1.29, 1.82) is 0 Å². The summed E-state index contributed by atoms with van der Waals surface area (Å²) < 4.78 is 46.6. The van der Waals surface area contributed by atoms with Gasteiger partial charge in [-0.05, 0) is 68.2 Å². The summed E-state index contributed by atoms with van der Waals surface area (Å²) in [4.78, 5) is 50.4. The van der Waals surface area contributed by atoms with Crippen LogP contribution in [0.15, 0.2) is 67.0 Å². The average molecular weight is 1020 g/mol. The number of esters is 1. The molecule has 1 saturated carbocycles. The van der Waals surface area contributed by atoms with Crippen molar-refractivity contribution in [3.63, 3.8) is 0 Å². The van der Waals surface area contributed by atoms with Gasteiger partial charge in [0.25, 0.3) is 5.69 Å². The second kappa shape index (κ2) is 25.2. The van der Waals surface area contributed by atoms with Crippen LogP contribution in [0, 0.1) is 22.0 Å².